The number of aromatic hydroxyl groups is 1. The van der Waals surface area contributed by atoms with Gasteiger partial charge in [-0.15, -0.1) is 0 Å². The van der Waals surface area contributed by atoms with Gasteiger partial charge in [-0.3, -0.25) is 0 Å². The number of rotatable bonds is 1. The number of halogens is 1. The first-order valence-electron chi connectivity index (χ1n) is 5.51. The van der Waals surface area contributed by atoms with Crippen LogP contribution in [0, 0.1) is 24.3 Å². The van der Waals surface area contributed by atoms with Crippen molar-refractivity contribution >= 4 is 22.6 Å². The molecule has 0 atom stereocenters. The predicted octanol–water partition coefficient (Wildman–Crippen LogP) is 3.54. The van der Waals surface area contributed by atoms with E-state index in [9.17, 15) is 9.90 Å². The van der Waals surface area contributed by atoms with Crippen LogP contribution < -0.4 is 5.63 Å². The van der Waals surface area contributed by atoms with Crippen LogP contribution in [0.4, 0.5) is 0 Å². The standard InChI is InChI=1S/C14H13IO3/c1-7-4-10(15)5-8(2)12(7)13-11(16)6-9(3)18-14(13)17/h4-6,16H,1-3H3. The molecule has 1 aromatic heterocycles. The van der Waals surface area contributed by atoms with Crippen LogP contribution in [0.3, 0.4) is 0 Å². The zero-order valence-electron chi connectivity index (χ0n) is 10.4. The summed E-state index contributed by atoms with van der Waals surface area (Å²) in [5, 5.41) is 9.98. The molecule has 18 heavy (non-hydrogen) atoms. The highest BCUT2D eigenvalue weighted by Crippen LogP contribution is 2.32. The van der Waals surface area contributed by atoms with Gasteiger partial charge in [-0.2, -0.15) is 0 Å². The van der Waals surface area contributed by atoms with Crippen LogP contribution in [0.1, 0.15) is 16.9 Å². The highest BCUT2D eigenvalue weighted by Gasteiger charge is 2.16. The van der Waals surface area contributed by atoms with Crippen molar-refractivity contribution in [2.24, 2.45) is 0 Å². The van der Waals surface area contributed by atoms with E-state index in [1.54, 1.807) is 6.92 Å². The lowest BCUT2D eigenvalue weighted by atomic mass is 9.96. The third-order valence-corrected chi connectivity index (χ3v) is 3.42. The summed E-state index contributed by atoms with van der Waals surface area (Å²) in [7, 11) is 0. The average Bonchev–Trinajstić information content (AvgIpc) is 2.20. The van der Waals surface area contributed by atoms with E-state index in [1.807, 2.05) is 26.0 Å². The van der Waals surface area contributed by atoms with Gasteiger partial charge in [-0.25, -0.2) is 4.79 Å². The SMILES string of the molecule is Cc1cc(O)c(-c2c(C)cc(I)cc2C)c(=O)o1. The Balaban J connectivity index is 2.82. The molecule has 0 aliphatic rings. The van der Waals surface area contributed by atoms with Gasteiger partial charge in [0.05, 0.1) is 0 Å². The topological polar surface area (TPSA) is 50.4 Å². The molecule has 0 radical (unpaired) electrons. The summed E-state index contributed by atoms with van der Waals surface area (Å²) in [5.41, 5.74) is 2.39. The predicted molar refractivity (Wildman–Crippen MR) is 79.0 cm³/mol. The second kappa shape index (κ2) is 4.76. The van der Waals surface area contributed by atoms with Crippen LogP contribution in [0.25, 0.3) is 11.1 Å². The molecular weight excluding hydrogens is 343 g/mol. The van der Waals surface area contributed by atoms with Crippen molar-refractivity contribution in [2.75, 3.05) is 0 Å². The van der Waals surface area contributed by atoms with Crippen molar-refractivity contribution in [3.63, 3.8) is 0 Å². The lowest BCUT2D eigenvalue weighted by Crippen LogP contribution is -2.06. The first kappa shape index (κ1) is 13.1. The molecule has 0 bridgehead atoms. The van der Waals surface area contributed by atoms with Crippen molar-refractivity contribution in [3.05, 3.63) is 49.1 Å². The molecule has 0 aliphatic heterocycles. The molecule has 4 heteroatoms. The second-order valence-corrected chi connectivity index (χ2v) is 5.56. The summed E-state index contributed by atoms with van der Waals surface area (Å²) in [6, 6.07) is 5.41. The lowest BCUT2D eigenvalue weighted by Gasteiger charge is -2.11. The Labute approximate surface area is 119 Å². The first-order valence-corrected chi connectivity index (χ1v) is 6.59. The summed E-state index contributed by atoms with van der Waals surface area (Å²) < 4.78 is 6.17. The van der Waals surface area contributed by atoms with Crippen LogP contribution in [0.15, 0.2) is 27.4 Å². The molecule has 3 nitrogen and oxygen atoms in total. The molecule has 0 fully saturated rings. The summed E-state index contributed by atoms with van der Waals surface area (Å²) in [5.74, 6) is 0.373. The van der Waals surface area contributed by atoms with Gasteiger partial charge in [-0.05, 0) is 72.2 Å². The number of benzene rings is 1. The van der Waals surface area contributed by atoms with Crippen molar-refractivity contribution in [2.45, 2.75) is 20.8 Å². The van der Waals surface area contributed by atoms with Gasteiger partial charge in [0, 0.05) is 9.64 Å². The Kier molecular flexibility index (Phi) is 3.47. The van der Waals surface area contributed by atoms with E-state index in [2.05, 4.69) is 22.6 Å². The fourth-order valence-corrected chi connectivity index (χ4v) is 3.07. The summed E-state index contributed by atoms with van der Waals surface area (Å²) in [6.45, 7) is 5.48. The average molecular weight is 356 g/mol. The lowest BCUT2D eigenvalue weighted by molar-refractivity contribution is 0.438. The maximum atomic E-state index is 11.9. The van der Waals surface area contributed by atoms with E-state index in [0.29, 0.717) is 5.76 Å². The van der Waals surface area contributed by atoms with E-state index in [-0.39, 0.29) is 11.3 Å². The van der Waals surface area contributed by atoms with E-state index >= 15 is 0 Å². The van der Waals surface area contributed by atoms with Gasteiger partial charge >= 0.3 is 5.63 Å². The monoisotopic (exact) mass is 356 g/mol. The van der Waals surface area contributed by atoms with Crippen LogP contribution >= 0.6 is 22.6 Å². The van der Waals surface area contributed by atoms with E-state index < -0.39 is 5.63 Å². The largest absolute Gasteiger partial charge is 0.507 e. The fraction of sp³-hybridized carbons (Fsp3) is 0.214. The summed E-state index contributed by atoms with van der Waals surface area (Å²) >= 11 is 2.23. The van der Waals surface area contributed by atoms with Crippen molar-refractivity contribution < 1.29 is 9.52 Å². The minimum absolute atomic E-state index is 0.0313. The molecule has 94 valence electrons. The van der Waals surface area contributed by atoms with Crippen LogP contribution in [0.2, 0.25) is 0 Å². The van der Waals surface area contributed by atoms with E-state index in [0.717, 1.165) is 20.3 Å². The summed E-state index contributed by atoms with van der Waals surface area (Å²) in [4.78, 5) is 11.9. The zero-order valence-corrected chi connectivity index (χ0v) is 12.5. The Morgan fingerprint density at radius 1 is 1.06 bits per heavy atom. The fourth-order valence-electron chi connectivity index (χ4n) is 2.13. The van der Waals surface area contributed by atoms with Gasteiger partial charge in [0.1, 0.15) is 17.1 Å². The van der Waals surface area contributed by atoms with Crippen molar-refractivity contribution in [3.8, 4) is 16.9 Å². The molecule has 0 saturated heterocycles. The van der Waals surface area contributed by atoms with Crippen LogP contribution in [-0.2, 0) is 0 Å². The molecule has 0 unspecified atom stereocenters. The second-order valence-electron chi connectivity index (χ2n) is 4.32. The first-order chi connectivity index (χ1) is 8.40. The molecule has 1 N–H and O–H groups in total. The summed E-state index contributed by atoms with van der Waals surface area (Å²) in [6.07, 6.45) is 0. The van der Waals surface area contributed by atoms with Gasteiger partial charge in [0.15, 0.2) is 0 Å². The Bertz CT molecular complexity index is 648. The Morgan fingerprint density at radius 2 is 1.61 bits per heavy atom. The maximum Gasteiger partial charge on any atom is 0.347 e. The normalized spacial score (nSPS) is 10.7. The molecular formula is C14H13IO3. The molecule has 0 amide bonds. The third kappa shape index (κ3) is 2.29. The number of aryl methyl sites for hydroxylation is 3. The molecule has 0 saturated carbocycles. The number of hydrogen-bond acceptors (Lipinski definition) is 3. The highest BCUT2D eigenvalue weighted by molar-refractivity contribution is 14.1. The molecule has 1 heterocycles. The Hall–Kier alpha value is -1.30. The van der Waals surface area contributed by atoms with Gasteiger partial charge in [0.2, 0.25) is 0 Å². The van der Waals surface area contributed by atoms with E-state index in [1.165, 1.54) is 6.07 Å². The van der Waals surface area contributed by atoms with Crippen molar-refractivity contribution in [1.29, 1.82) is 0 Å². The van der Waals surface area contributed by atoms with Crippen LogP contribution in [-0.4, -0.2) is 5.11 Å². The van der Waals surface area contributed by atoms with Gasteiger partial charge < -0.3 is 9.52 Å². The molecule has 0 aliphatic carbocycles. The van der Waals surface area contributed by atoms with Crippen LogP contribution in [0.5, 0.6) is 5.75 Å². The smallest absolute Gasteiger partial charge is 0.347 e. The quantitative estimate of drug-likeness (QED) is 0.796. The molecule has 2 aromatic rings. The maximum absolute atomic E-state index is 11.9. The molecule has 1 aromatic carbocycles. The number of hydrogen-bond donors (Lipinski definition) is 1. The minimum atomic E-state index is -0.500. The van der Waals surface area contributed by atoms with Gasteiger partial charge in [0.25, 0.3) is 0 Å². The van der Waals surface area contributed by atoms with E-state index in [4.69, 9.17) is 4.42 Å². The molecule has 2 rings (SSSR count). The zero-order chi connectivity index (χ0) is 13.4. The van der Waals surface area contributed by atoms with Crippen molar-refractivity contribution in [1.82, 2.24) is 0 Å². The Morgan fingerprint density at radius 3 is 2.11 bits per heavy atom. The minimum Gasteiger partial charge on any atom is -0.507 e. The highest BCUT2D eigenvalue weighted by atomic mass is 127. The molecule has 0 spiro atoms. The van der Waals surface area contributed by atoms with Gasteiger partial charge in [-0.1, -0.05) is 0 Å². The third-order valence-electron chi connectivity index (χ3n) is 2.80.